The van der Waals surface area contributed by atoms with Crippen molar-refractivity contribution in [2.45, 2.75) is 32.7 Å². The van der Waals surface area contributed by atoms with Crippen LogP contribution in [0.2, 0.25) is 5.02 Å². The van der Waals surface area contributed by atoms with E-state index in [0.717, 1.165) is 18.7 Å². The lowest BCUT2D eigenvalue weighted by Gasteiger charge is -2.47. The van der Waals surface area contributed by atoms with Gasteiger partial charge < -0.3 is 15.3 Å². The predicted molar refractivity (Wildman–Crippen MR) is 134 cm³/mol. The summed E-state index contributed by atoms with van der Waals surface area (Å²) in [5.74, 6) is -2.35. The van der Waals surface area contributed by atoms with Crippen molar-refractivity contribution in [3.63, 3.8) is 0 Å². The maximum atomic E-state index is 14.3. The molecule has 10 heteroatoms. The smallest absolute Gasteiger partial charge is 0.307 e. The van der Waals surface area contributed by atoms with Gasteiger partial charge in [-0.2, -0.15) is 15.4 Å². The average molecular weight is 514 g/mol. The number of nitrogens with zero attached hydrogens (tertiary/aromatic N) is 3. The number of rotatable bonds is 10. The van der Waals surface area contributed by atoms with E-state index in [-0.39, 0.29) is 23.3 Å². The van der Waals surface area contributed by atoms with E-state index in [4.69, 9.17) is 11.6 Å². The van der Waals surface area contributed by atoms with E-state index in [9.17, 15) is 19.1 Å². The lowest BCUT2D eigenvalue weighted by atomic mass is 9.83. The molecule has 3 N–H and O–H groups in total. The molecule has 2 atom stereocenters. The molecule has 190 valence electrons. The van der Waals surface area contributed by atoms with E-state index in [1.807, 2.05) is 12.1 Å². The normalized spacial score (nSPS) is 16.7. The van der Waals surface area contributed by atoms with E-state index < -0.39 is 23.8 Å². The molecule has 1 amide bonds. The molecule has 8 nitrogen and oxygen atoms in total. The van der Waals surface area contributed by atoms with Crippen LogP contribution >= 0.6 is 11.6 Å². The highest BCUT2D eigenvalue weighted by atomic mass is 35.5. The molecule has 0 bridgehead atoms. The van der Waals surface area contributed by atoms with E-state index in [2.05, 4.69) is 39.5 Å². The van der Waals surface area contributed by atoms with Crippen molar-refractivity contribution >= 4 is 23.5 Å². The molecule has 36 heavy (non-hydrogen) atoms. The summed E-state index contributed by atoms with van der Waals surface area (Å²) in [5.41, 5.74) is 2.26. The van der Waals surface area contributed by atoms with Crippen LogP contribution in [0.15, 0.2) is 48.7 Å². The summed E-state index contributed by atoms with van der Waals surface area (Å²) in [6, 6.07) is 11.2. The van der Waals surface area contributed by atoms with Crippen LogP contribution in [0.4, 0.5) is 4.39 Å². The maximum absolute atomic E-state index is 14.3. The van der Waals surface area contributed by atoms with Crippen LogP contribution in [-0.2, 0) is 11.2 Å². The summed E-state index contributed by atoms with van der Waals surface area (Å²) in [5, 5.41) is 23.2. The van der Waals surface area contributed by atoms with E-state index in [1.165, 1.54) is 18.3 Å². The molecule has 2 heterocycles. The third-order valence-electron chi connectivity index (χ3n) is 6.36. The van der Waals surface area contributed by atoms with Crippen LogP contribution in [0, 0.1) is 17.2 Å². The lowest BCUT2D eigenvalue weighted by molar-refractivity contribution is -0.144. The molecule has 0 aliphatic carbocycles. The van der Waals surface area contributed by atoms with Gasteiger partial charge in [0.05, 0.1) is 12.1 Å². The fraction of sp³-hybridized carbons (Fsp3) is 0.385. The summed E-state index contributed by atoms with van der Waals surface area (Å²) in [4.78, 5) is 26.9. The Hall–Kier alpha value is -3.30. The molecule has 1 fully saturated rings. The standard InChI is InChI=1S/C26H29ClFN5O3/c1-26(2)14-33(15-26)13-18(25(35)36)10-20(30-24(34)23-12-29-32-31-23)9-16-3-5-17(6-4-16)21-11-19(27)7-8-22(21)28/h3-8,11-12,18,20H,9-10,13-15H2,1-2H3,(H,30,34)(H,35,36)(H,29,31,32). The highest BCUT2D eigenvalue weighted by molar-refractivity contribution is 6.30. The summed E-state index contributed by atoms with van der Waals surface area (Å²) in [6.07, 6.45) is 1.97. The number of amides is 1. The van der Waals surface area contributed by atoms with Gasteiger partial charge in [0.2, 0.25) is 0 Å². The van der Waals surface area contributed by atoms with Crippen molar-refractivity contribution < 1.29 is 19.1 Å². The second-order valence-electron chi connectivity index (χ2n) is 10.2. The summed E-state index contributed by atoms with van der Waals surface area (Å²) in [7, 11) is 0. The van der Waals surface area contributed by atoms with Crippen LogP contribution in [0.5, 0.6) is 0 Å². The minimum absolute atomic E-state index is 0.128. The molecule has 0 radical (unpaired) electrons. The van der Waals surface area contributed by atoms with Gasteiger partial charge in [-0.05, 0) is 47.6 Å². The zero-order valence-electron chi connectivity index (χ0n) is 20.2. The van der Waals surface area contributed by atoms with Crippen molar-refractivity contribution in [2.24, 2.45) is 11.3 Å². The Kier molecular flexibility index (Phi) is 7.70. The predicted octanol–water partition coefficient (Wildman–Crippen LogP) is 4.04. The van der Waals surface area contributed by atoms with Crippen LogP contribution in [0.3, 0.4) is 0 Å². The van der Waals surface area contributed by atoms with Gasteiger partial charge in [0, 0.05) is 36.3 Å². The summed E-state index contributed by atoms with van der Waals surface area (Å²) < 4.78 is 14.3. The molecule has 3 aromatic rings. The van der Waals surface area contributed by atoms with Gasteiger partial charge in [0.15, 0.2) is 5.69 Å². The first-order valence-corrected chi connectivity index (χ1v) is 12.1. The zero-order valence-corrected chi connectivity index (χ0v) is 20.9. The summed E-state index contributed by atoms with van der Waals surface area (Å²) >= 11 is 6.03. The number of carboxylic acids is 1. The highest BCUT2D eigenvalue weighted by Crippen LogP contribution is 2.30. The fourth-order valence-electron chi connectivity index (χ4n) is 4.79. The number of carbonyl (C=O) groups excluding carboxylic acids is 1. The molecule has 0 spiro atoms. The quantitative estimate of drug-likeness (QED) is 0.377. The molecule has 4 rings (SSSR count). The van der Waals surface area contributed by atoms with Crippen LogP contribution in [-0.4, -0.2) is 63.0 Å². The number of H-pyrrole nitrogens is 1. The number of hydrogen-bond acceptors (Lipinski definition) is 5. The minimum atomic E-state index is -0.896. The molecule has 0 saturated carbocycles. The van der Waals surface area contributed by atoms with Gasteiger partial charge in [0.1, 0.15) is 5.82 Å². The topological polar surface area (TPSA) is 111 Å². The number of aromatic nitrogens is 3. The number of aliphatic carboxylic acids is 1. The average Bonchev–Trinajstić information content (AvgIpc) is 3.34. The van der Waals surface area contributed by atoms with Gasteiger partial charge in [-0.3, -0.25) is 9.59 Å². The summed E-state index contributed by atoms with van der Waals surface area (Å²) in [6.45, 7) is 6.41. The number of nitrogens with one attached hydrogen (secondary N) is 2. The van der Waals surface area contributed by atoms with Crippen molar-refractivity contribution in [1.82, 2.24) is 25.6 Å². The molecular formula is C26H29ClFN5O3. The van der Waals surface area contributed by atoms with Crippen molar-refractivity contribution in [2.75, 3.05) is 19.6 Å². The Morgan fingerprint density at radius 1 is 1.22 bits per heavy atom. The molecule has 1 aromatic heterocycles. The van der Waals surface area contributed by atoms with Gasteiger partial charge in [0.25, 0.3) is 5.91 Å². The van der Waals surface area contributed by atoms with Gasteiger partial charge in [-0.1, -0.05) is 49.7 Å². The van der Waals surface area contributed by atoms with Gasteiger partial charge >= 0.3 is 5.97 Å². The molecule has 1 saturated heterocycles. The zero-order chi connectivity index (χ0) is 25.9. The number of aromatic amines is 1. The monoisotopic (exact) mass is 513 g/mol. The first kappa shape index (κ1) is 25.8. The lowest BCUT2D eigenvalue weighted by Crippen LogP contribution is -2.55. The van der Waals surface area contributed by atoms with Crippen molar-refractivity contribution in [3.05, 3.63) is 70.8 Å². The first-order valence-electron chi connectivity index (χ1n) is 11.8. The van der Waals surface area contributed by atoms with Crippen LogP contribution in [0.25, 0.3) is 11.1 Å². The third kappa shape index (κ3) is 6.47. The fourth-order valence-corrected chi connectivity index (χ4v) is 4.96. The number of hydrogen-bond donors (Lipinski definition) is 3. The van der Waals surface area contributed by atoms with Crippen LogP contribution < -0.4 is 5.32 Å². The number of carboxylic acid groups (broad SMARTS) is 1. The largest absolute Gasteiger partial charge is 0.481 e. The molecule has 2 unspecified atom stereocenters. The third-order valence-corrected chi connectivity index (χ3v) is 6.59. The Morgan fingerprint density at radius 3 is 2.56 bits per heavy atom. The number of benzene rings is 2. The van der Waals surface area contributed by atoms with E-state index in [0.29, 0.717) is 29.1 Å². The molecule has 1 aliphatic rings. The Morgan fingerprint density at radius 2 is 1.94 bits per heavy atom. The minimum Gasteiger partial charge on any atom is -0.481 e. The molecule has 2 aromatic carbocycles. The van der Waals surface area contributed by atoms with Crippen LogP contribution in [0.1, 0.15) is 36.3 Å². The molecular weight excluding hydrogens is 485 g/mol. The van der Waals surface area contributed by atoms with E-state index in [1.54, 1.807) is 18.2 Å². The van der Waals surface area contributed by atoms with Gasteiger partial charge in [-0.25, -0.2) is 4.39 Å². The van der Waals surface area contributed by atoms with Crippen molar-refractivity contribution in [3.8, 4) is 11.1 Å². The maximum Gasteiger partial charge on any atom is 0.307 e. The Bertz CT molecular complexity index is 1210. The number of halogens is 2. The molecule has 1 aliphatic heterocycles. The Balaban J connectivity index is 1.50. The Labute approximate surface area is 213 Å². The number of likely N-dealkylation sites (tertiary alicyclic amines) is 1. The SMILES string of the molecule is CC1(C)CN(CC(CC(Cc2ccc(-c3cc(Cl)ccc3F)cc2)NC(=O)c2cn[nH]n2)C(=O)O)C1. The van der Waals surface area contributed by atoms with Crippen molar-refractivity contribution in [1.29, 1.82) is 0 Å². The second kappa shape index (κ2) is 10.8. The number of carbonyl (C=O) groups is 2. The first-order chi connectivity index (χ1) is 17.1. The second-order valence-corrected chi connectivity index (χ2v) is 10.6. The highest BCUT2D eigenvalue weighted by Gasteiger charge is 2.37. The van der Waals surface area contributed by atoms with E-state index >= 15 is 0 Å². The van der Waals surface area contributed by atoms with Gasteiger partial charge in [-0.15, -0.1) is 0 Å².